The van der Waals surface area contributed by atoms with Crippen LogP contribution in [0, 0.1) is 0 Å². The minimum Gasteiger partial charge on any atom is -0.425 e. The third-order valence-corrected chi connectivity index (χ3v) is 3.28. The number of benzene rings is 2. The summed E-state index contributed by atoms with van der Waals surface area (Å²) in [5.41, 5.74) is 0. The molecule has 0 aliphatic carbocycles. The summed E-state index contributed by atoms with van der Waals surface area (Å²) in [6.07, 6.45) is -0.233. The number of para-hydroxylation sites is 2. The number of carbonyl (C=O) groups is 2. The number of ether oxygens (including phenoxy) is 2. The molecule has 0 bridgehead atoms. The molecule has 2 rings (SSSR count). The van der Waals surface area contributed by atoms with Crippen LogP contribution in [0.5, 0.6) is 11.5 Å². The summed E-state index contributed by atoms with van der Waals surface area (Å²) in [7, 11) is 0. The molecule has 0 aliphatic heterocycles. The lowest BCUT2D eigenvalue weighted by Crippen LogP contribution is -2.14. The lowest BCUT2D eigenvalue weighted by Gasteiger charge is -2.07. The Morgan fingerprint density at radius 1 is 0.727 bits per heavy atom. The molecule has 0 aliphatic rings. The van der Waals surface area contributed by atoms with Gasteiger partial charge in [-0.2, -0.15) is 0 Å². The molecule has 6 heteroatoms. The molecule has 0 spiro atoms. The van der Waals surface area contributed by atoms with Crippen molar-refractivity contribution in [1.29, 1.82) is 0 Å². The third kappa shape index (κ3) is 4.76. The maximum Gasteiger partial charge on any atom is 0.311 e. The molecule has 114 valence electrons. The Bertz CT molecular complexity index is 626. The van der Waals surface area contributed by atoms with Crippen LogP contribution in [0.25, 0.3) is 0 Å². The molecular weight excluding hydrogens is 327 g/mol. The molecule has 22 heavy (non-hydrogen) atoms. The first-order valence-electron chi connectivity index (χ1n) is 6.46. The molecule has 2 aromatic rings. The van der Waals surface area contributed by atoms with Crippen LogP contribution in [0.2, 0.25) is 10.0 Å². The molecule has 0 heterocycles. The number of hydrogen-bond donors (Lipinski definition) is 0. The van der Waals surface area contributed by atoms with E-state index in [2.05, 4.69) is 0 Å². The van der Waals surface area contributed by atoms with E-state index >= 15 is 0 Å². The first-order chi connectivity index (χ1) is 10.6. The second-order valence-electron chi connectivity index (χ2n) is 4.31. The number of hydrogen-bond acceptors (Lipinski definition) is 4. The highest BCUT2D eigenvalue weighted by molar-refractivity contribution is 6.32. The van der Waals surface area contributed by atoms with E-state index in [0.717, 1.165) is 0 Å². The summed E-state index contributed by atoms with van der Waals surface area (Å²) in [6.45, 7) is 0. The summed E-state index contributed by atoms with van der Waals surface area (Å²) < 4.78 is 10.1. The zero-order chi connectivity index (χ0) is 15.9. The van der Waals surface area contributed by atoms with Crippen LogP contribution in [0.15, 0.2) is 48.5 Å². The van der Waals surface area contributed by atoms with Crippen molar-refractivity contribution >= 4 is 35.1 Å². The number of halogens is 2. The first kappa shape index (κ1) is 16.3. The standard InChI is InChI=1S/C16H12Cl2O4/c17-11-5-1-3-7-13(11)21-15(19)9-10-16(20)22-14-8-4-2-6-12(14)18/h1-8H,9-10H2. The van der Waals surface area contributed by atoms with E-state index in [1.165, 1.54) is 0 Å². The molecule has 0 N–H and O–H groups in total. The van der Waals surface area contributed by atoms with Crippen LogP contribution in [-0.4, -0.2) is 11.9 Å². The van der Waals surface area contributed by atoms with E-state index in [0.29, 0.717) is 10.0 Å². The summed E-state index contributed by atoms with van der Waals surface area (Å²) in [5, 5.41) is 0.656. The van der Waals surface area contributed by atoms with Gasteiger partial charge < -0.3 is 9.47 Å². The Morgan fingerprint density at radius 3 is 1.45 bits per heavy atom. The van der Waals surface area contributed by atoms with E-state index in [9.17, 15) is 9.59 Å². The molecule has 0 unspecified atom stereocenters. The lowest BCUT2D eigenvalue weighted by atomic mass is 10.3. The van der Waals surface area contributed by atoms with Crippen LogP contribution in [0.3, 0.4) is 0 Å². The smallest absolute Gasteiger partial charge is 0.311 e. The van der Waals surface area contributed by atoms with E-state index in [1.54, 1.807) is 48.5 Å². The third-order valence-electron chi connectivity index (χ3n) is 2.65. The van der Waals surface area contributed by atoms with Crippen molar-refractivity contribution in [3.8, 4) is 11.5 Å². The van der Waals surface area contributed by atoms with Crippen molar-refractivity contribution < 1.29 is 19.1 Å². The van der Waals surface area contributed by atoms with Crippen molar-refractivity contribution in [2.75, 3.05) is 0 Å². The molecule has 0 aromatic heterocycles. The van der Waals surface area contributed by atoms with Gasteiger partial charge in [-0.15, -0.1) is 0 Å². The van der Waals surface area contributed by atoms with E-state index in [4.69, 9.17) is 32.7 Å². The molecule has 0 fully saturated rings. The Balaban J connectivity index is 1.82. The van der Waals surface area contributed by atoms with Gasteiger partial charge in [0.15, 0.2) is 0 Å². The quantitative estimate of drug-likeness (QED) is 0.603. The SMILES string of the molecule is O=C(CCC(=O)Oc1ccccc1Cl)Oc1ccccc1Cl. The van der Waals surface area contributed by atoms with Gasteiger partial charge in [0.25, 0.3) is 0 Å². The normalized spacial score (nSPS) is 10.1. The van der Waals surface area contributed by atoms with Crippen molar-refractivity contribution in [1.82, 2.24) is 0 Å². The Kier molecular flexibility index (Phi) is 5.81. The molecule has 0 saturated carbocycles. The van der Waals surface area contributed by atoms with Gasteiger partial charge in [0.1, 0.15) is 11.5 Å². The molecule has 0 amide bonds. The highest BCUT2D eigenvalue weighted by Crippen LogP contribution is 2.25. The van der Waals surface area contributed by atoms with E-state index in [1.807, 2.05) is 0 Å². The van der Waals surface area contributed by atoms with Crippen LogP contribution >= 0.6 is 23.2 Å². The van der Waals surface area contributed by atoms with Crippen LogP contribution in [0.1, 0.15) is 12.8 Å². The van der Waals surface area contributed by atoms with Crippen LogP contribution in [0.4, 0.5) is 0 Å². The highest BCUT2D eigenvalue weighted by Gasteiger charge is 2.13. The highest BCUT2D eigenvalue weighted by atomic mass is 35.5. The number of rotatable bonds is 5. The molecule has 0 saturated heterocycles. The Hall–Kier alpha value is -2.04. The van der Waals surface area contributed by atoms with Gasteiger partial charge in [-0.05, 0) is 24.3 Å². The van der Waals surface area contributed by atoms with Gasteiger partial charge in [-0.25, -0.2) is 0 Å². The minimum absolute atomic E-state index is 0.117. The molecular formula is C16H12Cl2O4. The Labute approximate surface area is 137 Å². The van der Waals surface area contributed by atoms with Crippen molar-refractivity contribution in [3.05, 3.63) is 58.6 Å². The van der Waals surface area contributed by atoms with E-state index < -0.39 is 11.9 Å². The first-order valence-corrected chi connectivity index (χ1v) is 7.22. The van der Waals surface area contributed by atoms with Gasteiger partial charge in [0, 0.05) is 0 Å². The zero-order valence-electron chi connectivity index (χ0n) is 11.4. The predicted molar refractivity (Wildman–Crippen MR) is 83.4 cm³/mol. The summed E-state index contributed by atoms with van der Waals surface area (Å²) in [4.78, 5) is 23.3. The van der Waals surface area contributed by atoms with Gasteiger partial charge in [-0.1, -0.05) is 47.5 Å². The molecule has 2 aromatic carbocycles. The van der Waals surface area contributed by atoms with Crippen molar-refractivity contribution in [2.24, 2.45) is 0 Å². The van der Waals surface area contributed by atoms with Gasteiger partial charge >= 0.3 is 11.9 Å². The predicted octanol–water partition coefficient (Wildman–Crippen LogP) is 4.28. The zero-order valence-corrected chi connectivity index (χ0v) is 12.9. The van der Waals surface area contributed by atoms with Crippen LogP contribution in [-0.2, 0) is 9.59 Å². The maximum atomic E-state index is 11.7. The van der Waals surface area contributed by atoms with Crippen molar-refractivity contribution in [2.45, 2.75) is 12.8 Å². The largest absolute Gasteiger partial charge is 0.425 e. The molecule has 0 radical (unpaired) electrons. The summed E-state index contributed by atoms with van der Waals surface area (Å²) >= 11 is 11.7. The second kappa shape index (κ2) is 7.82. The van der Waals surface area contributed by atoms with Gasteiger partial charge in [-0.3, -0.25) is 9.59 Å². The van der Waals surface area contributed by atoms with Gasteiger partial charge in [0.05, 0.1) is 22.9 Å². The fourth-order valence-corrected chi connectivity index (χ4v) is 1.96. The molecule has 0 atom stereocenters. The van der Waals surface area contributed by atoms with E-state index in [-0.39, 0.29) is 24.3 Å². The van der Waals surface area contributed by atoms with Gasteiger partial charge in [0.2, 0.25) is 0 Å². The number of esters is 2. The monoisotopic (exact) mass is 338 g/mol. The van der Waals surface area contributed by atoms with Crippen LogP contribution < -0.4 is 9.47 Å². The van der Waals surface area contributed by atoms with Crippen molar-refractivity contribution in [3.63, 3.8) is 0 Å². The summed E-state index contributed by atoms with van der Waals surface area (Å²) in [5.74, 6) is -0.615. The minimum atomic E-state index is -0.566. The summed E-state index contributed by atoms with van der Waals surface area (Å²) in [6, 6.07) is 13.2. The molecule has 4 nitrogen and oxygen atoms in total. The number of carbonyl (C=O) groups excluding carboxylic acids is 2. The average molecular weight is 339 g/mol. The average Bonchev–Trinajstić information content (AvgIpc) is 2.50. The maximum absolute atomic E-state index is 11.7. The fraction of sp³-hybridized carbons (Fsp3) is 0.125. The topological polar surface area (TPSA) is 52.6 Å². The second-order valence-corrected chi connectivity index (χ2v) is 5.12. The lowest BCUT2D eigenvalue weighted by molar-refractivity contribution is -0.140. The Morgan fingerprint density at radius 2 is 1.09 bits per heavy atom. The fourth-order valence-electron chi connectivity index (χ4n) is 1.61.